The summed E-state index contributed by atoms with van der Waals surface area (Å²) in [6.07, 6.45) is 2.35. The van der Waals surface area contributed by atoms with Crippen molar-refractivity contribution in [2.24, 2.45) is 0 Å². The maximum atomic E-state index is 4.32. The topological polar surface area (TPSA) is 12.0 Å². The maximum Gasteiger partial charge on any atom is 0.00262 e. The Hall–Kier alpha value is 0.310. The summed E-state index contributed by atoms with van der Waals surface area (Å²) < 4.78 is 0. The largest absolute Gasteiger partial charge is 0.320 e. The molecule has 0 heterocycles. The van der Waals surface area contributed by atoms with Gasteiger partial charge in [0.2, 0.25) is 0 Å². The van der Waals surface area contributed by atoms with Crippen LogP contribution in [0.2, 0.25) is 0 Å². The van der Waals surface area contributed by atoms with Crippen LogP contribution < -0.4 is 5.32 Å². The van der Waals surface area contributed by atoms with Crippen LogP contribution in [0.1, 0.15) is 19.8 Å². The predicted octanol–water partition coefficient (Wildman–Crippen LogP) is 1.30. The van der Waals surface area contributed by atoms with E-state index in [0.29, 0.717) is 5.25 Å². The molecular weight excluding hydrogens is 118 g/mol. The van der Waals surface area contributed by atoms with E-state index in [4.69, 9.17) is 0 Å². The Morgan fingerprint density at radius 1 is 1.62 bits per heavy atom. The lowest BCUT2D eigenvalue weighted by molar-refractivity contribution is 0.683. The third kappa shape index (κ3) is 4.47. The van der Waals surface area contributed by atoms with Gasteiger partial charge in [-0.3, -0.25) is 0 Å². The molecule has 0 aromatic carbocycles. The highest BCUT2D eigenvalue weighted by Crippen LogP contribution is 2.03. The molecule has 0 fully saturated rings. The molecule has 0 spiro atoms. The van der Waals surface area contributed by atoms with Gasteiger partial charge in [0.25, 0.3) is 0 Å². The van der Waals surface area contributed by atoms with Crippen LogP contribution in [0.4, 0.5) is 0 Å². The Balaban J connectivity index is 2.86. The highest BCUT2D eigenvalue weighted by Gasteiger charge is 1.95. The summed E-state index contributed by atoms with van der Waals surface area (Å²) in [6.45, 7) is 3.25. The van der Waals surface area contributed by atoms with Crippen LogP contribution >= 0.6 is 12.6 Å². The lowest BCUT2D eigenvalue weighted by Crippen LogP contribution is -2.12. The van der Waals surface area contributed by atoms with Crippen molar-refractivity contribution in [1.29, 1.82) is 0 Å². The van der Waals surface area contributed by atoms with Gasteiger partial charge in [0.1, 0.15) is 0 Å². The van der Waals surface area contributed by atoms with Gasteiger partial charge in [-0.1, -0.05) is 6.92 Å². The predicted molar refractivity (Wildman–Crippen MR) is 41.6 cm³/mol. The van der Waals surface area contributed by atoms with Crippen LogP contribution in [0.15, 0.2) is 0 Å². The van der Waals surface area contributed by atoms with E-state index in [0.717, 1.165) is 6.54 Å². The SMILES string of the molecule is CCC(S)CCNC. The molecule has 0 aliphatic rings. The van der Waals surface area contributed by atoms with Gasteiger partial charge in [0.05, 0.1) is 0 Å². The Bertz CT molecular complexity index is 47.8. The van der Waals surface area contributed by atoms with Crippen LogP contribution in [-0.2, 0) is 0 Å². The summed E-state index contributed by atoms with van der Waals surface area (Å²) in [6, 6.07) is 0. The average molecular weight is 133 g/mol. The fourth-order valence-corrected chi connectivity index (χ4v) is 0.644. The quantitative estimate of drug-likeness (QED) is 0.551. The Morgan fingerprint density at radius 3 is 2.62 bits per heavy atom. The molecule has 0 amide bonds. The molecule has 1 N–H and O–H groups in total. The van der Waals surface area contributed by atoms with Crippen molar-refractivity contribution in [2.45, 2.75) is 25.0 Å². The zero-order valence-corrected chi connectivity index (χ0v) is 6.54. The van der Waals surface area contributed by atoms with E-state index in [1.54, 1.807) is 0 Å². The van der Waals surface area contributed by atoms with E-state index in [9.17, 15) is 0 Å². The fraction of sp³-hybridized carbons (Fsp3) is 1.00. The summed E-state index contributed by atoms with van der Waals surface area (Å²) >= 11 is 4.32. The first-order chi connectivity index (χ1) is 3.81. The van der Waals surface area contributed by atoms with Crippen molar-refractivity contribution in [3.05, 3.63) is 0 Å². The van der Waals surface area contributed by atoms with Gasteiger partial charge >= 0.3 is 0 Å². The summed E-state index contributed by atoms with van der Waals surface area (Å²) in [5.74, 6) is 0. The van der Waals surface area contributed by atoms with E-state index in [2.05, 4.69) is 24.9 Å². The van der Waals surface area contributed by atoms with Crippen molar-refractivity contribution < 1.29 is 0 Å². The molecule has 2 heteroatoms. The van der Waals surface area contributed by atoms with E-state index < -0.39 is 0 Å². The number of hydrogen-bond donors (Lipinski definition) is 2. The van der Waals surface area contributed by atoms with Gasteiger partial charge in [-0.25, -0.2) is 0 Å². The Labute approximate surface area is 57.3 Å². The molecule has 0 rings (SSSR count). The summed E-state index contributed by atoms with van der Waals surface area (Å²) in [4.78, 5) is 0. The Kier molecular flexibility index (Phi) is 5.66. The minimum Gasteiger partial charge on any atom is -0.320 e. The smallest absolute Gasteiger partial charge is 0.00262 e. The molecule has 50 valence electrons. The first-order valence-electron chi connectivity index (χ1n) is 3.14. The standard InChI is InChI=1S/C6H15NS/c1-3-6(8)4-5-7-2/h6-8H,3-5H2,1-2H3. The number of thiol groups is 1. The number of rotatable bonds is 4. The van der Waals surface area contributed by atoms with Gasteiger partial charge in [0, 0.05) is 5.25 Å². The second-order valence-corrected chi connectivity index (χ2v) is 2.68. The van der Waals surface area contributed by atoms with E-state index in [1.807, 2.05) is 7.05 Å². The van der Waals surface area contributed by atoms with E-state index in [1.165, 1.54) is 12.8 Å². The molecule has 0 aromatic rings. The molecule has 0 saturated carbocycles. The second kappa shape index (κ2) is 5.45. The van der Waals surface area contributed by atoms with E-state index >= 15 is 0 Å². The monoisotopic (exact) mass is 133 g/mol. The normalized spacial score (nSPS) is 13.9. The van der Waals surface area contributed by atoms with Gasteiger partial charge < -0.3 is 5.32 Å². The third-order valence-corrected chi connectivity index (χ3v) is 1.82. The Morgan fingerprint density at radius 2 is 2.25 bits per heavy atom. The molecule has 8 heavy (non-hydrogen) atoms. The average Bonchev–Trinajstić information content (AvgIpc) is 1.83. The highest BCUT2D eigenvalue weighted by atomic mass is 32.1. The summed E-state index contributed by atoms with van der Waals surface area (Å²) in [7, 11) is 1.97. The summed E-state index contributed by atoms with van der Waals surface area (Å²) in [5.41, 5.74) is 0. The van der Waals surface area contributed by atoms with Gasteiger partial charge in [-0.15, -0.1) is 0 Å². The number of nitrogens with one attached hydrogen (secondary N) is 1. The summed E-state index contributed by atoms with van der Waals surface area (Å²) in [5, 5.41) is 3.67. The molecular formula is C6H15NS. The van der Waals surface area contributed by atoms with Gasteiger partial charge in [0.15, 0.2) is 0 Å². The van der Waals surface area contributed by atoms with Crippen molar-refractivity contribution in [1.82, 2.24) is 5.32 Å². The van der Waals surface area contributed by atoms with Crippen molar-refractivity contribution in [2.75, 3.05) is 13.6 Å². The minimum absolute atomic E-state index is 0.586. The zero-order valence-electron chi connectivity index (χ0n) is 5.65. The first-order valence-corrected chi connectivity index (χ1v) is 3.65. The molecule has 0 aliphatic carbocycles. The third-order valence-electron chi connectivity index (χ3n) is 1.20. The molecule has 0 aliphatic heterocycles. The maximum absolute atomic E-state index is 4.32. The first kappa shape index (κ1) is 8.31. The lowest BCUT2D eigenvalue weighted by atomic mass is 10.2. The van der Waals surface area contributed by atoms with Crippen LogP contribution in [0.25, 0.3) is 0 Å². The molecule has 0 saturated heterocycles. The second-order valence-electron chi connectivity index (χ2n) is 1.95. The minimum atomic E-state index is 0.586. The van der Waals surface area contributed by atoms with Crippen LogP contribution in [0, 0.1) is 0 Å². The molecule has 0 bridgehead atoms. The van der Waals surface area contributed by atoms with Crippen molar-refractivity contribution in [3.8, 4) is 0 Å². The van der Waals surface area contributed by atoms with Gasteiger partial charge in [-0.05, 0) is 26.4 Å². The van der Waals surface area contributed by atoms with Crippen LogP contribution in [0.3, 0.4) is 0 Å². The molecule has 1 unspecified atom stereocenters. The lowest BCUT2D eigenvalue weighted by Gasteiger charge is -2.04. The van der Waals surface area contributed by atoms with Crippen molar-refractivity contribution in [3.63, 3.8) is 0 Å². The van der Waals surface area contributed by atoms with Crippen LogP contribution in [-0.4, -0.2) is 18.8 Å². The van der Waals surface area contributed by atoms with Gasteiger partial charge in [-0.2, -0.15) is 12.6 Å². The molecule has 0 aromatic heterocycles. The molecule has 1 atom stereocenters. The highest BCUT2D eigenvalue weighted by molar-refractivity contribution is 7.80. The molecule has 0 radical (unpaired) electrons. The molecule has 1 nitrogen and oxygen atoms in total. The fourth-order valence-electron chi connectivity index (χ4n) is 0.515. The number of hydrogen-bond acceptors (Lipinski definition) is 2. The zero-order chi connectivity index (χ0) is 6.41. The van der Waals surface area contributed by atoms with Crippen LogP contribution in [0.5, 0.6) is 0 Å². The van der Waals surface area contributed by atoms with Crippen molar-refractivity contribution >= 4 is 12.6 Å². The van der Waals surface area contributed by atoms with E-state index in [-0.39, 0.29) is 0 Å².